The van der Waals surface area contributed by atoms with Crippen LogP contribution in [0.25, 0.3) is 0 Å². The maximum Gasteiger partial charge on any atom is 0.247 e. The van der Waals surface area contributed by atoms with Crippen LogP contribution in [-0.2, 0) is 10.3 Å². The van der Waals surface area contributed by atoms with Crippen LogP contribution in [0.1, 0.15) is 20.3 Å². The van der Waals surface area contributed by atoms with E-state index in [4.69, 9.17) is 0 Å². The average molecular weight is 331 g/mol. The molecule has 24 heavy (non-hydrogen) atoms. The predicted octanol–water partition coefficient (Wildman–Crippen LogP) is -0.439. The Kier molecular flexibility index (Phi) is 4.18. The number of nitrogens with zero attached hydrogens (tertiary/aromatic N) is 6. The van der Waals surface area contributed by atoms with Crippen molar-refractivity contribution in [1.29, 1.82) is 0 Å². The number of hydrogen-bond donors (Lipinski definition) is 2. The summed E-state index contributed by atoms with van der Waals surface area (Å²) in [5.74, 6) is 0.360. The number of nitrogens with one attached hydrogen (secondary N) is 1. The number of aliphatic hydroxyl groups is 1. The van der Waals surface area contributed by atoms with Crippen LogP contribution in [-0.4, -0.2) is 61.0 Å². The van der Waals surface area contributed by atoms with E-state index in [9.17, 15) is 9.90 Å². The van der Waals surface area contributed by atoms with E-state index in [-0.39, 0.29) is 12.5 Å². The second-order valence-electron chi connectivity index (χ2n) is 6.53. The summed E-state index contributed by atoms with van der Waals surface area (Å²) in [4.78, 5) is 26.6. The molecule has 1 aliphatic rings. The molecule has 3 heterocycles. The van der Waals surface area contributed by atoms with Gasteiger partial charge >= 0.3 is 0 Å². The van der Waals surface area contributed by atoms with Crippen molar-refractivity contribution >= 4 is 11.9 Å². The third-order valence-corrected chi connectivity index (χ3v) is 4.29. The van der Waals surface area contributed by atoms with Gasteiger partial charge in [0.2, 0.25) is 11.9 Å². The van der Waals surface area contributed by atoms with Crippen molar-refractivity contribution in [2.24, 2.45) is 0 Å². The molecular weight excluding hydrogens is 310 g/mol. The van der Waals surface area contributed by atoms with Gasteiger partial charge < -0.3 is 15.3 Å². The lowest BCUT2D eigenvalue weighted by Gasteiger charge is -2.28. The Morgan fingerprint density at radius 3 is 2.83 bits per heavy atom. The summed E-state index contributed by atoms with van der Waals surface area (Å²) < 4.78 is 1.49. The standard InChI is InChI=1S/C15H21N7O2/c1-14(2,22-11-16-10-20-22)12(23)19-8-15(24)4-7-21(9-15)13-17-5-3-6-18-13/h3,5-6,10-11,24H,4,7-9H2,1-2H3,(H,19,23). The molecule has 0 aromatic carbocycles. The lowest BCUT2D eigenvalue weighted by Crippen LogP contribution is -2.51. The number of aromatic nitrogens is 5. The van der Waals surface area contributed by atoms with Crippen molar-refractivity contribution in [2.45, 2.75) is 31.4 Å². The van der Waals surface area contributed by atoms with E-state index in [0.29, 0.717) is 25.5 Å². The fourth-order valence-electron chi connectivity index (χ4n) is 2.69. The number of hydrogen-bond acceptors (Lipinski definition) is 7. The predicted molar refractivity (Wildman–Crippen MR) is 86.2 cm³/mol. The minimum atomic E-state index is -1.01. The molecule has 0 bridgehead atoms. The molecule has 1 aliphatic heterocycles. The highest BCUT2D eigenvalue weighted by molar-refractivity contribution is 5.83. The van der Waals surface area contributed by atoms with Crippen LogP contribution in [0, 0.1) is 0 Å². The quantitative estimate of drug-likeness (QED) is 0.764. The molecule has 128 valence electrons. The van der Waals surface area contributed by atoms with Crippen molar-refractivity contribution in [2.75, 3.05) is 24.5 Å². The summed E-state index contributed by atoms with van der Waals surface area (Å²) in [6, 6.07) is 1.75. The van der Waals surface area contributed by atoms with Crippen LogP contribution in [0.3, 0.4) is 0 Å². The first kappa shape index (κ1) is 16.3. The summed E-state index contributed by atoms with van der Waals surface area (Å²) >= 11 is 0. The van der Waals surface area contributed by atoms with Gasteiger partial charge in [-0.05, 0) is 26.3 Å². The summed E-state index contributed by atoms with van der Waals surface area (Å²) in [6.45, 7) is 4.68. The molecule has 9 nitrogen and oxygen atoms in total. The fourth-order valence-corrected chi connectivity index (χ4v) is 2.69. The smallest absolute Gasteiger partial charge is 0.247 e. The fraction of sp³-hybridized carbons (Fsp3) is 0.533. The Balaban J connectivity index is 1.59. The number of carbonyl (C=O) groups is 1. The Bertz CT molecular complexity index is 689. The van der Waals surface area contributed by atoms with E-state index in [1.807, 2.05) is 4.90 Å². The monoisotopic (exact) mass is 331 g/mol. The van der Waals surface area contributed by atoms with Crippen LogP contribution in [0.15, 0.2) is 31.1 Å². The molecule has 0 saturated carbocycles. The van der Waals surface area contributed by atoms with Gasteiger partial charge in [-0.1, -0.05) is 0 Å². The number of β-amino-alcohol motifs (C(OH)–C–C–N with tert-alkyl or cyclic N) is 1. The van der Waals surface area contributed by atoms with Gasteiger partial charge in [-0.3, -0.25) is 4.79 Å². The van der Waals surface area contributed by atoms with E-state index in [0.717, 1.165) is 0 Å². The van der Waals surface area contributed by atoms with Gasteiger partial charge in [-0.25, -0.2) is 19.6 Å². The maximum atomic E-state index is 12.5. The van der Waals surface area contributed by atoms with Crippen molar-refractivity contribution in [3.05, 3.63) is 31.1 Å². The van der Waals surface area contributed by atoms with Gasteiger partial charge in [0, 0.05) is 25.5 Å². The Hall–Kier alpha value is -2.55. The highest BCUT2D eigenvalue weighted by atomic mass is 16.3. The largest absolute Gasteiger partial charge is 0.386 e. The zero-order valence-electron chi connectivity index (χ0n) is 13.8. The van der Waals surface area contributed by atoms with E-state index < -0.39 is 11.1 Å². The van der Waals surface area contributed by atoms with Crippen LogP contribution in [0.5, 0.6) is 0 Å². The molecule has 0 aliphatic carbocycles. The molecule has 1 atom stereocenters. The average Bonchev–Trinajstić information content (AvgIpc) is 3.24. The SMILES string of the molecule is CC(C)(C(=O)NCC1(O)CCN(c2ncccn2)C1)n1cncn1. The molecular formula is C15H21N7O2. The van der Waals surface area contributed by atoms with Gasteiger partial charge in [0.05, 0.1) is 6.54 Å². The minimum Gasteiger partial charge on any atom is -0.386 e. The number of amides is 1. The molecule has 2 N–H and O–H groups in total. The normalized spacial score (nSPS) is 21.0. The summed E-state index contributed by atoms with van der Waals surface area (Å²) in [5.41, 5.74) is -1.89. The number of carbonyl (C=O) groups excluding carboxylic acids is 1. The van der Waals surface area contributed by atoms with Crippen LogP contribution in [0.2, 0.25) is 0 Å². The molecule has 0 radical (unpaired) electrons. The molecule has 2 aromatic rings. The van der Waals surface area contributed by atoms with Crippen molar-refractivity contribution in [3.63, 3.8) is 0 Å². The van der Waals surface area contributed by atoms with Crippen molar-refractivity contribution in [1.82, 2.24) is 30.0 Å². The first-order valence-corrected chi connectivity index (χ1v) is 7.78. The summed E-state index contributed by atoms with van der Waals surface area (Å²) in [7, 11) is 0. The third kappa shape index (κ3) is 3.21. The molecule has 3 rings (SSSR count). The molecule has 1 unspecified atom stereocenters. The second kappa shape index (κ2) is 6.16. The number of rotatable bonds is 5. The van der Waals surface area contributed by atoms with E-state index in [1.165, 1.54) is 17.3 Å². The van der Waals surface area contributed by atoms with E-state index >= 15 is 0 Å². The van der Waals surface area contributed by atoms with Crippen LogP contribution < -0.4 is 10.2 Å². The summed E-state index contributed by atoms with van der Waals surface area (Å²) in [5, 5.41) is 17.6. The zero-order valence-corrected chi connectivity index (χ0v) is 13.8. The second-order valence-corrected chi connectivity index (χ2v) is 6.53. The first-order valence-electron chi connectivity index (χ1n) is 7.78. The van der Waals surface area contributed by atoms with Gasteiger partial charge in [0.25, 0.3) is 0 Å². The highest BCUT2D eigenvalue weighted by Crippen LogP contribution is 2.24. The Morgan fingerprint density at radius 2 is 2.17 bits per heavy atom. The summed E-state index contributed by atoms with van der Waals surface area (Å²) in [6.07, 6.45) is 6.76. The highest BCUT2D eigenvalue weighted by Gasteiger charge is 2.39. The lowest BCUT2D eigenvalue weighted by atomic mass is 10.0. The van der Waals surface area contributed by atoms with E-state index in [1.54, 1.807) is 32.3 Å². The molecule has 0 spiro atoms. The van der Waals surface area contributed by atoms with Gasteiger partial charge in [-0.15, -0.1) is 0 Å². The molecule has 1 amide bonds. The molecule has 1 saturated heterocycles. The topological polar surface area (TPSA) is 109 Å². The van der Waals surface area contributed by atoms with Crippen molar-refractivity contribution in [3.8, 4) is 0 Å². The van der Waals surface area contributed by atoms with Crippen LogP contribution in [0.4, 0.5) is 5.95 Å². The van der Waals surface area contributed by atoms with Crippen molar-refractivity contribution < 1.29 is 9.90 Å². The van der Waals surface area contributed by atoms with Crippen LogP contribution >= 0.6 is 0 Å². The Labute approximate surface area is 139 Å². The van der Waals surface area contributed by atoms with Gasteiger partial charge in [-0.2, -0.15) is 5.10 Å². The third-order valence-electron chi connectivity index (χ3n) is 4.29. The Morgan fingerprint density at radius 1 is 1.42 bits per heavy atom. The number of anilines is 1. The van der Waals surface area contributed by atoms with Gasteiger partial charge in [0.1, 0.15) is 23.8 Å². The zero-order chi connectivity index (χ0) is 17.2. The minimum absolute atomic E-state index is 0.160. The molecule has 2 aromatic heterocycles. The molecule has 1 fully saturated rings. The first-order chi connectivity index (χ1) is 11.4. The maximum absolute atomic E-state index is 12.5. The van der Waals surface area contributed by atoms with E-state index in [2.05, 4.69) is 25.4 Å². The molecule has 9 heteroatoms. The van der Waals surface area contributed by atoms with Gasteiger partial charge in [0.15, 0.2) is 0 Å². The lowest BCUT2D eigenvalue weighted by molar-refractivity contribution is -0.130.